The van der Waals surface area contributed by atoms with E-state index in [0.717, 1.165) is 22.3 Å². The molecule has 1 heterocycles. The van der Waals surface area contributed by atoms with Crippen LogP contribution in [-0.4, -0.2) is 16.3 Å². The van der Waals surface area contributed by atoms with E-state index in [-0.39, 0.29) is 30.1 Å². The molecule has 0 bridgehead atoms. The fraction of sp³-hybridized carbons (Fsp3) is 0.208. The fourth-order valence-electron chi connectivity index (χ4n) is 3.52. The minimum Gasteiger partial charge on any atom is -0.373 e. The maximum Gasteiger partial charge on any atom is 0.328 e. The van der Waals surface area contributed by atoms with Crippen LogP contribution in [0, 0.1) is 6.92 Å². The van der Waals surface area contributed by atoms with Crippen LogP contribution in [0.5, 0.6) is 0 Å². The van der Waals surface area contributed by atoms with Crippen molar-refractivity contribution < 1.29 is 14.4 Å². The van der Waals surface area contributed by atoms with Crippen molar-refractivity contribution in [3.8, 4) is 0 Å². The number of rotatable bonds is 7. The van der Waals surface area contributed by atoms with Crippen molar-refractivity contribution in [3.05, 3.63) is 105 Å². The highest BCUT2D eigenvalue weighted by Crippen LogP contribution is 2.31. The number of pyridine rings is 1. The molecule has 0 spiro atoms. The van der Waals surface area contributed by atoms with Crippen LogP contribution in [0.4, 0.5) is 0 Å². The van der Waals surface area contributed by atoms with E-state index in [1.165, 1.54) is 10.6 Å². The predicted octanol–water partition coefficient (Wildman–Crippen LogP) is 3.06. The van der Waals surface area contributed by atoms with Crippen LogP contribution in [0.1, 0.15) is 45.0 Å². The highest BCUT2D eigenvalue weighted by molar-refractivity contribution is 5.96. The summed E-state index contributed by atoms with van der Waals surface area (Å²) in [7, 11) is 1.63. The third-order valence-corrected chi connectivity index (χ3v) is 5.22. The summed E-state index contributed by atoms with van der Waals surface area (Å²) in [6.45, 7) is 2.02. The van der Waals surface area contributed by atoms with Gasteiger partial charge in [0.2, 0.25) is 5.56 Å². The number of aryl methyl sites for hydroxylation is 2. The van der Waals surface area contributed by atoms with Crippen LogP contribution in [0.3, 0.4) is 0 Å². The number of Topliss-reactive ketones (excluding diaryl/α,β-unsaturated/α-hetero) is 1. The highest BCUT2D eigenvalue weighted by Gasteiger charge is 2.21. The molecule has 6 heteroatoms. The maximum atomic E-state index is 13.0. The monoisotopic (exact) mass is 404 g/mol. The van der Waals surface area contributed by atoms with Crippen molar-refractivity contribution in [2.45, 2.75) is 25.7 Å². The first-order valence-corrected chi connectivity index (χ1v) is 9.63. The van der Waals surface area contributed by atoms with Crippen molar-refractivity contribution in [2.75, 3.05) is 0 Å². The molecule has 0 aliphatic heterocycles. The number of hydrogen-bond donors (Lipinski definition) is 1. The normalized spacial score (nSPS) is 11.7. The van der Waals surface area contributed by atoms with E-state index in [0.29, 0.717) is 5.56 Å². The van der Waals surface area contributed by atoms with Gasteiger partial charge in [0.15, 0.2) is 5.78 Å². The number of aromatic nitrogens is 1. The lowest BCUT2D eigenvalue weighted by Crippen LogP contribution is -2.18. The molecule has 6 nitrogen and oxygen atoms in total. The van der Waals surface area contributed by atoms with E-state index in [1.54, 1.807) is 19.3 Å². The minimum absolute atomic E-state index is 0.0466. The van der Waals surface area contributed by atoms with Gasteiger partial charge in [0.25, 0.3) is 0 Å². The summed E-state index contributed by atoms with van der Waals surface area (Å²) >= 11 is 0. The van der Waals surface area contributed by atoms with E-state index in [2.05, 4.69) is 4.84 Å². The second-order valence-electron chi connectivity index (χ2n) is 7.31. The number of ketones is 1. The molecule has 0 aliphatic carbocycles. The van der Waals surface area contributed by atoms with E-state index in [1.807, 2.05) is 55.5 Å². The van der Waals surface area contributed by atoms with Gasteiger partial charge >= 0.3 is 5.97 Å². The summed E-state index contributed by atoms with van der Waals surface area (Å²) in [5.41, 5.74) is 4.23. The Morgan fingerprint density at radius 1 is 1.03 bits per heavy atom. The minimum atomic E-state index is -0.511. The Labute approximate surface area is 174 Å². The van der Waals surface area contributed by atoms with E-state index in [9.17, 15) is 14.4 Å². The second-order valence-corrected chi connectivity index (χ2v) is 7.31. The molecule has 0 amide bonds. The first-order chi connectivity index (χ1) is 14.4. The molecule has 30 heavy (non-hydrogen) atoms. The van der Waals surface area contributed by atoms with Crippen LogP contribution in [0.2, 0.25) is 0 Å². The standard InChI is InChI=1S/C24H24N2O4/c1-16-5-3-4-6-20(16)21(14-22(27)19-11-12-23(28)26(2)15-19)18-9-7-17(8-10-18)13-24(29)30-25/h3-12,15,21H,13-14,25H2,1-2H3. The summed E-state index contributed by atoms with van der Waals surface area (Å²) in [5.74, 6) is 4.19. The number of hydrogen-bond acceptors (Lipinski definition) is 5. The molecule has 1 aromatic heterocycles. The molecule has 0 fully saturated rings. The first-order valence-electron chi connectivity index (χ1n) is 9.63. The molecule has 3 rings (SSSR count). The van der Waals surface area contributed by atoms with Gasteiger partial charge in [-0.05, 0) is 35.2 Å². The van der Waals surface area contributed by atoms with Crippen LogP contribution in [-0.2, 0) is 23.1 Å². The van der Waals surface area contributed by atoms with Crippen LogP contribution < -0.4 is 11.5 Å². The third kappa shape index (κ3) is 4.90. The quantitative estimate of drug-likeness (QED) is 0.483. The number of nitrogens with zero attached hydrogens (tertiary/aromatic N) is 1. The van der Waals surface area contributed by atoms with Crippen molar-refractivity contribution in [1.29, 1.82) is 0 Å². The molecule has 3 aromatic rings. The number of benzene rings is 2. The molecule has 1 atom stereocenters. The highest BCUT2D eigenvalue weighted by atomic mass is 16.7. The molecular formula is C24H24N2O4. The SMILES string of the molecule is Cc1ccccc1C(CC(=O)c1ccc(=O)n(C)c1)c1ccc(CC(=O)ON)cc1. The van der Waals surface area contributed by atoms with Gasteiger partial charge < -0.3 is 9.40 Å². The number of carbonyl (C=O) groups is 2. The van der Waals surface area contributed by atoms with Gasteiger partial charge in [0.05, 0.1) is 6.42 Å². The smallest absolute Gasteiger partial charge is 0.328 e. The topological polar surface area (TPSA) is 91.4 Å². The number of nitrogens with two attached hydrogens (primary N) is 1. The largest absolute Gasteiger partial charge is 0.373 e. The lowest BCUT2D eigenvalue weighted by atomic mass is 9.83. The Morgan fingerprint density at radius 2 is 1.73 bits per heavy atom. The van der Waals surface area contributed by atoms with Gasteiger partial charge in [-0.3, -0.25) is 14.4 Å². The molecule has 154 valence electrons. The summed E-state index contributed by atoms with van der Waals surface area (Å²) < 4.78 is 1.40. The Morgan fingerprint density at radius 3 is 2.37 bits per heavy atom. The fourth-order valence-corrected chi connectivity index (χ4v) is 3.52. The lowest BCUT2D eigenvalue weighted by Gasteiger charge is -2.20. The number of carbonyl (C=O) groups excluding carboxylic acids is 2. The van der Waals surface area contributed by atoms with Crippen LogP contribution >= 0.6 is 0 Å². The Kier molecular flexibility index (Phi) is 6.59. The third-order valence-electron chi connectivity index (χ3n) is 5.22. The molecular weight excluding hydrogens is 380 g/mol. The second kappa shape index (κ2) is 9.33. The Balaban J connectivity index is 1.94. The van der Waals surface area contributed by atoms with E-state index >= 15 is 0 Å². The van der Waals surface area contributed by atoms with E-state index in [4.69, 9.17) is 5.90 Å². The average Bonchev–Trinajstić information content (AvgIpc) is 2.75. The molecule has 2 aromatic carbocycles. The van der Waals surface area contributed by atoms with Gasteiger partial charge in [-0.1, -0.05) is 48.5 Å². The van der Waals surface area contributed by atoms with Crippen LogP contribution in [0.15, 0.2) is 71.7 Å². The van der Waals surface area contributed by atoms with Gasteiger partial charge in [0, 0.05) is 37.2 Å². The molecule has 2 N–H and O–H groups in total. The summed E-state index contributed by atoms with van der Waals surface area (Å²) in [4.78, 5) is 40.3. The zero-order valence-corrected chi connectivity index (χ0v) is 17.0. The van der Waals surface area contributed by atoms with Gasteiger partial charge in [-0.15, -0.1) is 0 Å². The Hall–Kier alpha value is -3.51. The van der Waals surface area contributed by atoms with Gasteiger partial charge in [-0.25, -0.2) is 0 Å². The van der Waals surface area contributed by atoms with Crippen molar-refractivity contribution in [1.82, 2.24) is 4.57 Å². The van der Waals surface area contributed by atoms with E-state index < -0.39 is 5.97 Å². The Bertz CT molecular complexity index is 1120. The zero-order chi connectivity index (χ0) is 21.7. The summed E-state index contributed by atoms with van der Waals surface area (Å²) in [6.07, 6.45) is 1.91. The molecule has 0 aliphatic rings. The summed E-state index contributed by atoms with van der Waals surface area (Å²) in [6, 6.07) is 18.5. The van der Waals surface area contributed by atoms with Gasteiger partial charge in [0.1, 0.15) is 0 Å². The van der Waals surface area contributed by atoms with Crippen molar-refractivity contribution in [3.63, 3.8) is 0 Å². The van der Waals surface area contributed by atoms with Crippen molar-refractivity contribution >= 4 is 11.8 Å². The van der Waals surface area contributed by atoms with Gasteiger partial charge in [-0.2, -0.15) is 5.90 Å². The summed E-state index contributed by atoms with van der Waals surface area (Å²) in [5, 5.41) is 0. The predicted molar refractivity (Wildman–Crippen MR) is 114 cm³/mol. The zero-order valence-electron chi connectivity index (χ0n) is 17.0. The van der Waals surface area contributed by atoms with Crippen LogP contribution in [0.25, 0.3) is 0 Å². The average molecular weight is 404 g/mol. The maximum absolute atomic E-state index is 13.0. The first kappa shape index (κ1) is 21.2. The molecule has 0 radical (unpaired) electrons. The molecule has 0 saturated heterocycles. The lowest BCUT2D eigenvalue weighted by molar-refractivity contribution is -0.143. The van der Waals surface area contributed by atoms with Crippen molar-refractivity contribution in [2.24, 2.45) is 12.9 Å². The molecule has 1 unspecified atom stereocenters. The molecule has 0 saturated carbocycles.